The Balaban J connectivity index is 2.02. The Morgan fingerprint density at radius 3 is 2.64 bits per heavy atom. The molecule has 0 spiro atoms. The van der Waals surface area contributed by atoms with E-state index in [1.54, 1.807) is 12.3 Å². The van der Waals surface area contributed by atoms with Gasteiger partial charge in [-0.2, -0.15) is 0 Å². The van der Waals surface area contributed by atoms with Crippen LogP contribution in [-0.2, 0) is 16.6 Å². The molecule has 4 nitrogen and oxygen atoms in total. The van der Waals surface area contributed by atoms with Crippen LogP contribution >= 0.6 is 0 Å². The molecule has 0 unspecified atom stereocenters. The first kappa shape index (κ1) is 16.0. The van der Waals surface area contributed by atoms with Crippen molar-refractivity contribution in [1.29, 1.82) is 0 Å². The molecule has 0 fully saturated rings. The topological polar surface area (TPSA) is 62.2 Å². The smallest absolute Gasteiger partial charge is 0.224 e. The number of carbonyl (C=O) groups excluding carboxylic acids is 1. The van der Waals surface area contributed by atoms with Gasteiger partial charge in [-0.05, 0) is 41.7 Å². The summed E-state index contributed by atoms with van der Waals surface area (Å²) in [6, 6.07) is 11.0. The molecule has 1 aromatic carbocycles. The number of anilines is 1. The molecule has 1 heterocycles. The third-order valence-electron chi connectivity index (χ3n) is 3.47. The summed E-state index contributed by atoms with van der Waals surface area (Å²) in [4.78, 5) is 16.2. The Hall–Kier alpha value is -2.36. The van der Waals surface area contributed by atoms with E-state index in [0.29, 0.717) is 18.5 Å². The Bertz CT molecular complexity index is 646. The minimum absolute atomic E-state index is 0.0405. The van der Waals surface area contributed by atoms with Gasteiger partial charge >= 0.3 is 0 Å². The molecule has 116 valence electrons. The number of nitrogens with one attached hydrogen (secondary N) is 1. The van der Waals surface area contributed by atoms with Crippen molar-refractivity contribution in [2.24, 2.45) is 0 Å². The van der Waals surface area contributed by atoms with Crippen LogP contribution in [0.3, 0.4) is 0 Å². The zero-order chi connectivity index (χ0) is 16.2. The van der Waals surface area contributed by atoms with E-state index in [4.69, 9.17) is 0 Å². The van der Waals surface area contributed by atoms with Crippen molar-refractivity contribution in [2.45, 2.75) is 39.0 Å². The Morgan fingerprint density at radius 2 is 2.00 bits per heavy atom. The lowest BCUT2D eigenvalue weighted by atomic mass is 9.87. The van der Waals surface area contributed by atoms with Gasteiger partial charge in [0.25, 0.3) is 0 Å². The molecule has 0 aliphatic heterocycles. The minimum Gasteiger partial charge on any atom is -0.506 e. The molecule has 2 N–H and O–H groups in total. The summed E-state index contributed by atoms with van der Waals surface area (Å²) < 4.78 is 0. The van der Waals surface area contributed by atoms with Crippen LogP contribution in [0.25, 0.3) is 0 Å². The predicted molar refractivity (Wildman–Crippen MR) is 88.0 cm³/mol. The highest BCUT2D eigenvalue weighted by molar-refractivity contribution is 5.92. The predicted octanol–water partition coefficient (Wildman–Crippen LogP) is 3.66. The lowest BCUT2D eigenvalue weighted by molar-refractivity contribution is -0.116. The molecule has 0 bridgehead atoms. The van der Waals surface area contributed by atoms with Gasteiger partial charge < -0.3 is 10.4 Å². The highest BCUT2D eigenvalue weighted by Gasteiger charge is 2.16. The monoisotopic (exact) mass is 298 g/mol. The van der Waals surface area contributed by atoms with Crippen LogP contribution in [0.4, 0.5) is 5.69 Å². The number of rotatable bonds is 4. The molecule has 4 heteroatoms. The number of amides is 1. The van der Waals surface area contributed by atoms with Gasteiger partial charge in [0.05, 0.1) is 5.69 Å². The number of benzene rings is 1. The number of phenols is 1. The molecule has 0 aliphatic rings. The van der Waals surface area contributed by atoms with E-state index in [-0.39, 0.29) is 17.1 Å². The molecular weight excluding hydrogens is 276 g/mol. The van der Waals surface area contributed by atoms with E-state index in [1.807, 2.05) is 30.3 Å². The number of pyridine rings is 1. The van der Waals surface area contributed by atoms with Crippen LogP contribution in [0.15, 0.2) is 42.6 Å². The van der Waals surface area contributed by atoms with Crippen LogP contribution < -0.4 is 5.32 Å². The molecule has 2 aromatic rings. The van der Waals surface area contributed by atoms with Crippen molar-refractivity contribution < 1.29 is 9.90 Å². The van der Waals surface area contributed by atoms with Crippen molar-refractivity contribution in [3.8, 4) is 5.75 Å². The molecule has 0 aliphatic carbocycles. The number of hydrogen-bond acceptors (Lipinski definition) is 3. The Kier molecular flexibility index (Phi) is 4.81. The first-order valence-electron chi connectivity index (χ1n) is 7.39. The average Bonchev–Trinajstić information content (AvgIpc) is 2.47. The van der Waals surface area contributed by atoms with Crippen LogP contribution in [-0.4, -0.2) is 16.0 Å². The normalized spacial score (nSPS) is 11.2. The van der Waals surface area contributed by atoms with E-state index in [0.717, 1.165) is 11.3 Å². The quantitative estimate of drug-likeness (QED) is 0.847. The van der Waals surface area contributed by atoms with Crippen molar-refractivity contribution in [3.63, 3.8) is 0 Å². The average molecular weight is 298 g/mol. The third-order valence-corrected chi connectivity index (χ3v) is 3.47. The lowest BCUT2D eigenvalue weighted by Gasteiger charge is -2.20. The van der Waals surface area contributed by atoms with E-state index in [1.165, 1.54) is 0 Å². The zero-order valence-electron chi connectivity index (χ0n) is 13.3. The van der Waals surface area contributed by atoms with Crippen molar-refractivity contribution in [2.75, 3.05) is 5.32 Å². The summed E-state index contributed by atoms with van der Waals surface area (Å²) in [5.41, 5.74) is 2.36. The third kappa shape index (κ3) is 4.32. The summed E-state index contributed by atoms with van der Waals surface area (Å²) in [5, 5.41) is 12.7. The van der Waals surface area contributed by atoms with Gasteiger partial charge in [0.1, 0.15) is 5.75 Å². The van der Waals surface area contributed by atoms with E-state index in [2.05, 4.69) is 31.1 Å². The lowest BCUT2D eigenvalue weighted by Crippen LogP contribution is -2.15. The van der Waals surface area contributed by atoms with E-state index < -0.39 is 0 Å². The standard InChI is InChI=1S/C18H22N2O2/c1-18(2,3)13-7-9-16(21)15(12-13)20-17(22)10-8-14-6-4-5-11-19-14/h4-7,9,11-12,21H,8,10H2,1-3H3,(H,20,22). The second-order valence-corrected chi connectivity index (χ2v) is 6.35. The zero-order valence-corrected chi connectivity index (χ0v) is 13.3. The molecule has 1 amide bonds. The molecular formula is C18H22N2O2. The van der Waals surface area contributed by atoms with Crippen molar-refractivity contribution in [1.82, 2.24) is 4.98 Å². The number of aryl methyl sites for hydroxylation is 1. The molecule has 22 heavy (non-hydrogen) atoms. The second-order valence-electron chi connectivity index (χ2n) is 6.35. The van der Waals surface area contributed by atoms with Gasteiger partial charge in [0, 0.05) is 18.3 Å². The number of hydrogen-bond donors (Lipinski definition) is 2. The first-order valence-corrected chi connectivity index (χ1v) is 7.39. The van der Waals surface area contributed by atoms with Gasteiger partial charge in [0.2, 0.25) is 5.91 Å². The highest BCUT2D eigenvalue weighted by atomic mass is 16.3. The van der Waals surface area contributed by atoms with Crippen molar-refractivity contribution in [3.05, 3.63) is 53.9 Å². The van der Waals surface area contributed by atoms with Crippen molar-refractivity contribution >= 4 is 11.6 Å². The number of nitrogens with zero attached hydrogens (tertiary/aromatic N) is 1. The maximum absolute atomic E-state index is 12.0. The van der Waals surface area contributed by atoms with Gasteiger partial charge in [-0.25, -0.2) is 0 Å². The summed E-state index contributed by atoms with van der Waals surface area (Å²) in [6.45, 7) is 6.27. The van der Waals surface area contributed by atoms with Crippen LogP contribution in [0.1, 0.15) is 38.4 Å². The molecule has 0 saturated heterocycles. The number of aromatic nitrogens is 1. The maximum Gasteiger partial charge on any atom is 0.224 e. The molecule has 0 saturated carbocycles. The van der Waals surface area contributed by atoms with Crippen LogP contribution in [0.5, 0.6) is 5.75 Å². The number of aromatic hydroxyl groups is 1. The summed E-state index contributed by atoms with van der Waals surface area (Å²) in [5.74, 6) is -0.0498. The molecule has 1 aromatic heterocycles. The number of carbonyl (C=O) groups is 1. The number of phenolic OH excluding ortho intramolecular Hbond substituents is 1. The summed E-state index contributed by atoms with van der Waals surface area (Å²) in [6.07, 6.45) is 2.62. The SMILES string of the molecule is CC(C)(C)c1ccc(O)c(NC(=O)CCc2ccccn2)c1. The van der Waals surface area contributed by atoms with Gasteiger partial charge in [-0.15, -0.1) is 0 Å². The van der Waals surface area contributed by atoms with Crippen LogP contribution in [0, 0.1) is 0 Å². The fraction of sp³-hybridized carbons (Fsp3) is 0.333. The first-order chi connectivity index (χ1) is 10.4. The summed E-state index contributed by atoms with van der Waals surface area (Å²) in [7, 11) is 0. The fourth-order valence-corrected chi connectivity index (χ4v) is 2.10. The Morgan fingerprint density at radius 1 is 1.23 bits per heavy atom. The largest absolute Gasteiger partial charge is 0.506 e. The van der Waals surface area contributed by atoms with Gasteiger partial charge in [-0.1, -0.05) is 32.9 Å². The minimum atomic E-state index is -0.132. The highest BCUT2D eigenvalue weighted by Crippen LogP contribution is 2.30. The molecule has 0 atom stereocenters. The maximum atomic E-state index is 12.0. The van der Waals surface area contributed by atoms with E-state index in [9.17, 15) is 9.90 Å². The van der Waals surface area contributed by atoms with E-state index >= 15 is 0 Å². The molecule has 2 rings (SSSR count). The van der Waals surface area contributed by atoms with Gasteiger partial charge in [-0.3, -0.25) is 9.78 Å². The fourth-order valence-electron chi connectivity index (χ4n) is 2.10. The molecule has 0 radical (unpaired) electrons. The van der Waals surface area contributed by atoms with Gasteiger partial charge in [0.15, 0.2) is 0 Å². The second kappa shape index (κ2) is 6.60. The summed E-state index contributed by atoms with van der Waals surface area (Å²) >= 11 is 0. The van der Waals surface area contributed by atoms with Crippen LogP contribution in [0.2, 0.25) is 0 Å². The Labute approximate surface area is 131 Å².